The first-order valence-corrected chi connectivity index (χ1v) is 6.48. The second-order valence-electron chi connectivity index (χ2n) is 5.19. The second kappa shape index (κ2) is 4.24. The van der Waals surface area contributed by atoms with Gasteiger partial charge in [0.2, 0.25) is 5.95 Å². The summed E-state index contributed by atoms with van der Waals surface area (Å²) in [5, 5.41) is 4.60. The number of nitrogens with two attached hydrogens (primary N) is 1. The lowest BCUT2D eigenvalue weighted by Crippen LogP contribution is -2.28. The molecule has 1 saturated heterocycles. The molecule has 18 heavy (non-hydrogen) atoms. The Balaban J connectivity index is 1.97. The highest BCUT2D eigenvalue weighted by Crippen LogP contribution is 2.26. The first kappa shape index (κ1) is 11.5. The fourth-order valence-electron chi connectivity index (χ4n) is 2.74. The van der Waals surface area contributed by atoms with Gasteiger partial charge in [-0.2, -0.15) is 4.98 Å². The molecule has 1 aliphatic heterocycles. The molecule has 0 aromatic carbocycles. The maximum absolute atomic E-state index is 5.76. The Hall–Kier alpha value is -1.62. The van der Waals surface area contributed by atoms with Crippen molar-refractivity contribution in [3.05, 3.63) is 23.9 Å². The lowest BCUT2D eigenvalue weighted by atomic mass is 10.1. The SMILES string of the molecule is Cc1cccc2nc(N3CC(CN)CC3C)nn12. The van der Waals surface area contributed by atoms with Crippen molar-refractivity contribution < 1.29 is 0 Å². The van der Waals surface area contributed by atoms with Crippen LogP contribution in [0.2, 0.25) is 0 Å². The molecule has 0 amide bonds. The van der Waals surface area contributed by atoms with E-state index in [1.165, 1.54) is 0 Å². The van der Waals surface area contributed by atoms with E-state index in [2.05, 4.69) is 21.9 Å². The number of pyridine rings is 1. The summed E-state index contributed by atoms with van der Waals surface area (Å²) in [6.07, 6.45) is 1.13. The van der Waals surface area contributed by atoms with Crippen LogP contribution in [-0.4, -0.2) is 33.7 Å². The molecule has 1 aliphatic rings. The predicted octanol–water partition coefficient (Wildman–Crippen LogP) is 1.21. The van der Waals surface area contributed by atoms with Crippen LogP contribution < -0.4 is 10.6 Å². The van der Waals surface area contributed by atoms with E-state index in [0.29, 0.717) is 12.0 Å². The van der Waals surface area contributed by atoms with E-state index in [1.54, 1.807) is 0 Å². The number of hydrogen-bond acceptors (Lipinski definition) is 4. The smallest absolute Gasteiger partial charge is 0.245 e. The summed E-state index contributed by atoms with van der Waals surface area (Å²) in [5.74, 6) is 1.39. The standard InChI is InChI=1S/C13H19N5/c1-9-4-3-5-12-15-13(16-18(9)12)17-8-11(7-14)6-10(17)2/h3-5,10-11H,6-8,14H2,1-2H3. The fourth-order valence-corrected chi connectivity index (χ4v) is 2.74. The summed E-state index contributed by atoms with van der Waals surface area (Å²) in [4.78, 5) is 6.88. The first-order valence-electron chi connectivity index (χ1n) is 6.48. The average Bonchev–Trinajstić information content (AvgIpc) is 2.93. The zero-order valence-electron chi connectivity index (χ0n) is 10.9. The summed E-state index contributed by atoms with van der Waals surface area (Å²) >= 11 is 0. The minimum absolute atomic E-state index is 0.469. The summed E-state index contributed by atoms with van der Waals surface area (Å²) in [6, 6.07) is 6.52. The van der Waals surface area contributed by atoms with E-state index >= 15 is 0 Å². The molecule has 2 aromatic heterocycles. The van der Waals surface area contributed by atoms with Gasteiger partial charge in [-0.1, -0.05) is 6.07 Å². The number of hydrogen-bond donors (Lipinski definition) is 1. The molecule has 0 saturated carbocycles. The highest BCUT2D eigenvalue weighted by atomic mass is 15.4. The summed E-state index contributed by atoms with van der Waals surface area (Å²) in [5.41, 5.74) is 7.78. The van der Waals surface area contributed by atoms with Gasteiger partial charge in [0.15, 0.2) is 5.65 Å². The summed E-state index contributed by atoms with van der Waals surface area (Å²) in [6.45, 7) is 5.97. The Kier molecular flexibility index (Phi) is 2.70. The van der Waals surface area contributed by atoms with Crippen molar-refractivity contribution in [3.63, 3.8) is 0 Å². The van der Waals surface area contributed by atoms with E-state index in [1.807, 2.05) is 29.6 Å². The minimum atomic E-state index is 0.469. The zero-order valence-corrected chi connectivity index (χ0v) is 10.9. The third-order valence-electron chi connectivity index (χ3n) is 3.79. The highest BCUT2D eigenvalue weighted by Gasteiger charge is 2.30. The molecule has 2 atom stereocenters. The van der Waals surface area contributed by atoms with Crippen LogP contribution in [0.1, 0.15) is 19.0 Å². The number of anilines is 1. The molecule has 5 nitrogen and oxygen atoms in total. The number of aryl methyl sites for hydroxylation is 1. The second-order valence-corrected chi connectivity index (χ2v) is 5.19. The van der Waals surface area contributed by atoms with Gasteiger partial charge in [0.1, 0.15) is 0 Å². The van der Waals surface area contributed by atoms with Crippen LogP contribution in [-0.2, 0) is 0 Å². The Bertz CT molecular complexity index is 562. The van der Waals surface area contributed by atoms with Gasteiger partial charge in [-0.05, 0) is 44.9 Å². The molecular formula is C13H19N5. The topological polar surface area (TPSA) is 59.5 Å². The largest absolute Gasteiger partial charge is 0.336 e. The fraction of sp³-hybridized carbons (Fsp3) is 0.538. The molecule has 0 bridgehead atoms. The van der Waals surface area contributed by atoms with Crippen LogP contribution in [0.5, 0.6) is 0 Å². The maximum Gasteiger partial charge on any atom is 0.245 e. The van der Waals surface area contributed by atoms with Gasteiger partial charge >= 0.3 is 0 Å². The number of aromatic nitrogens is 3. The average molecular weight is 245 g/mol. The highest BCUT2D eigenvalue weighted by molar-refractivity contribution is 5.46. The van der Waals surface area contributed by atoms with E-state index in [4.69, 9.17) is 5.73 Å². The number of nitrogens with zero attached hydrogens (tertiary/aromatic N) is 4. The molecular weight excluding hydrogens is 226 g/mol. The molecule has 3 rings (SSSR count). The van der Waals surface area contributed by atoms with Crippen LogP contribution in [0.3, 0.4) is 0 Å². The van der Waals surface area contributed by atoms with Crippen molar-refractivity contribution in [2.45, 2.75) is 26.3 Å². The number of fused-ring (bicyclic) bond motifs is 1. The van der Waals surface area contributed by atoms with Crippen LogP contribution in [0.15, 0.2) is 18.2 Å². The molecule has 3 heterocycles. The Morgan fingerprint density at radius 3 is 2.94 bits per heavy atom. The lowest BCUT2D eigenvalue weighted by molar-refractivity contribution is 0.579. The molecule has 2 N–H and O–H groups in total. The monoisotopic (exact) mass is 245 g/mol. The van der Waals surface area contributed by atoms with Crippen molar-refractivity contribution in [3.8, 4) is 0 Å². The summed E-state index contributed by atoms with van der Waals surface area (Å²) in [7, 11) is 0. The van der Waals surface area contributed by atoms with E-state index in [0.717, 1.165) is 36.8 Å². The van der Waals surface area contributed by atoms with Crippen molar-refractivity contribution in [2.75, 3.05) is 18.0 Å². The Morgan fingerprint density at radius 1 is 1.44 bits per heavy atom. The Morgan fingerprint density at radius 2 is 2.28 bits per heavy atom. The molecule has 2 aromatic rings. The third-order valence-corrected chi connectivity index (χ3v) is 3.79. The van der Waals surface area contributed by atoms with Gasteiger partial charge in [-0.3, -0.25) is 0 Å². The third kappa shape index (κ3) is 1.75. The molecule has 0 spiro atoms. The van der Waals surface area contributed by atoms with Gasteiger partial charge in [-0.15, -0.1) is 5.10 Å². The van der Waals surface area contributed by atoms with Gasteiger partial charge in [0.25, 0.3) is 0 Å². The van der Waals surface area contributed by atoms with Crippen molar-refractivity contribution in [2.24, 2.45) is 11.7 Å². The van der Waals surface area contributed by atoms with Gasteiger partial charge in [0.05, 0.1) is 0 Å². The van der Waals surface area contributed by atoms with Gasteiger partial charge in [0, 0.05) is 18.3 Å². The quantitative estimate of drug-likeness (QED) is 0.864. The Labute approximate surface area is 107 Å². The molecule has 1 fully saturated rings. The molecule has 0 aliphatic carbocycles. The number of rotatable bonds is 2. The van der Waals surface area contributed by atoms with Crippen LogP contribution >= 0.6 is 0 Å². The molecule has 96 valence electrons. The minimum Gasteiger partial charge on any atom is -0.336 e. The van der Waals surface area contributed by atoms with Crippen molar-refractivity contribution >= 4 is 11.6 Å². The van der Waals surface area contributed by atoms with Crippen molar-refractivity contribution in [1.82, 2.24) is 14.6 Å². The molecule has 0 radical (unpaired) electrons. The summed E-state index contributed by atoms with van der Waals surface area (Å²) < 4.78 is 1.90. The van der Waals surface area contributed by atoms with Gasteiger partial charge in [-0.25, -0.2) is 4.52 Å². The van der Waals surface area contributed by atoms with Crippen molar-refractivity contribution in [1.29, 1.82) is 0 Å². The lowest BCUT2D eigenvalue weighted by Gasteiger charge is -2.18. The van der Waals surface area contributed by atoms with Gasteiger partial charge < -0.3 is 10.6 Å². The molecule has 5 heteroatoms. The first-order chi connectivity index (χ1) is 8.69. The van der Waals surface area contributed by atoms with E-state index < -0.39 is 0 Å². The van der Waals surface area contributed by atoms with Crippen LogP contribution in [0.4, 0.5) is 5.95 Å². The van der Waals surface area contributed by atoms with E-state index in [9.17, 15) is 0 Å². The maximum atomic E-state index is 5.76. The van der Waals surface area contributed by atoms with E-state index in [-0.39, 0.29) is 0 Å². The zero-order chi connectivity index (χ0) is 12.7. The molecule has 2 unspecified atom stereocenters. The van der Waals surface area contributed by atoms with Crippen LogP contribution in [0.25, 0.3) is 5.65 Å². The normalized spacial score (nSPS) is 24.1. The van der Waals surface area contributed by atoms with Crippen LogP contribution in [0, 0.1) is 12.8 Å². The predicted molar refractivity (Wildman–Crippen MR) is 71.7 cm³/mol.